The minimum Gasteiger partial charge on any atom is -0.444 e. The number of ether oxygens (including phenoxy) is 1. The van der Waals surface area contributed by atoms with Crippen LogP contribution in [0.3, 0.4) is 0 Å². The fourth-order valence-electron chi connectivity index (χ4n) is 3.42. The molecule has 1 aliphatic heterocycles. The first-order chi connectivity index (χ1) is 11.8. The summed E-state index contributed by atoms with van der Waals surface area (Å²) < 4.78 is 7.73. The van der Waals surface area contributed by atoms with Gasteiger partial charge in [0.2, 0.25) is 0 Å². The van der Waals surface area contributed by atoms with Gasteiger partial charge in [-0.3, -0.25) is 0 Å². The topological polar surface area (TPSA) is 60.2 Å². The van der Waals surface area contributed by atoms with Crippen molar-refractivity contribution >= 4 is 28.7 Å². The third-order valence-corrected chi connectivity index (χ3v) is 4.72. The maximum Gasteiger partial charge on any atom is 0.410 e. The molecule has 0 aliphatic carbocycles. The lowest BCUT2D eigenvalue weighted by Gasteiger charge is -2.33. The fraction of sp³-hybridized carbons (Fsp3) is 0.611. The molecule has 0 radical (unpaired) electrons. The minimum absolute atomic E-state index is 0.223. The van der Waals surface area contributed by atoms with Crippen molar-refractivity contribution in [3.8, 4) is 0 Å². The molecule has 0 atom stereocenters. The first kappa shape index (κ1) is 18.0. The standard InChI is InChI=1S/C18H25ClN4O2/c1-5-23-14(10-13-15(23)11-16(19)21-20-13)12-6-8-22(9-7-12)17(24)25-18(2,3)4/h10-12H,5-9H2,1-4H3. The molecular formula is C18H25ClN4O2. The van der Waals surface area contributed by atoms with Crippen molar-refractivity contribution in [3.05, 3.63) is 23.0 Å². The number of rotatable bonds is 2. The number of carbonyl (C=O) groups excluding carboxylic acids is 1. The Kier molecular flexibility index (Phi) is 4.91. The van der Waals surface area contributed by atoms with E-state index in [-0.39, 0.29) is 6.09 Å². The SMILES string of the molecule is CCn1c(C2CCN(C(=O)OC(C)(C)C)CC2)cc2nnc(Cl)cc21. The van der Waals surface area contributed by atoms with Crippen LogP contribution in [0.25, 0.3) is 11.0 Å². The van der Waals surface area contributed by atoms with Gasteiger partial charge in [0, 0.05) is 37.3 Å². The second kappa shape index (κ2) is 6.83. The van der Waals surface area contributed by atoms with E-state index in [4.69, 9.17) is 16.3 Å². The van der Waals surface area contributed by atoms with E-state index < -0.39 is 5.60 Å². The minimum atomic E-state index is -0.458. The van der Waals surface area contributed by atoms with Gasteiger partial charge in [0.1, 0.15) is 11.1 Å². The van der Waals surface area contributed by atoms with Crippen molar-refractivity contribution in [1.29, 1.82) is 0 Å². The number of carbonyl (C=O) groups is 1. The average molecular weight is 365 g/mol. The van der Waals surface area contributed by atoms with Crippen LogP contribution in [0.4, 0.5) is 4.79 Å². The molecule has 0 bridgehead atoms. The molecule has 0 unspecified atom stereocenters. The molecule has 2 aromatic heterocycles. The predicted octanol–water partition coefficient (Wildman–Crippen LogP) is 4.22. The van der Waals surface area contributed by atoms with Gasteiger partial charge in [-0.2, -0.15) is 0 Å². The molecule has 0 spiro atoms. The number of halogens is 1. The molecule has 7 heteroatoms. The normalized spacial score (nSPS) is 16.4. The number of fused-ring (bicyclic) bond motifs is 1. The molecule has 2 aromatic rings. The number of hydrogen-bond acceptors (Lipinski definition) is 4. The number of piperidine rings is 1. The van der Waals surface area contributed by atoms with E-state index in [1.54, 1.807) is 4.90 Å². The predicted molar refractivity (Wildman–Crippen MR) is 98.0 cm³/mol. The number of likely N-dealkylation sites (tertiary alicyclic amines) is 1. The van der Waals surface area contributed by atoms with Gasteiger partial charge in [0.05, 0.1) is 5.52 Å². The second-order valence-corrected chi connectivity index (χ2v) is 7.88. The lowest BCUT2D eigenvalue weighted by atomic mass is 9.93. The van der Waals surface area contributed by atoms with Crippen molar-refractivity contribution in [1.82, 2.24) is 19.7 Å². The van der Waals surface area contributed by atoms with Gasteiger partial charge < -0.3 is 14.2 Å². The van der Waals surface area contributed by atoms with Crippen molar-refractivity contribution in [3.63, 3.8) is 0 Å². The number of aryl methyl sites for hydroxylation is 1. The fourth-order valence-corrected chi connectivity index (χ4v) is 3.56. The Labute approximate surface area is 153 Å². The maximum atomic E-state index is 12.2. The Morgan fingerprint density at radius 1 is 1.28 bits per heavy atom. The smallest absolute Gasteiger partial charge is 0.410 e. The summed E-state index contributed by atoms with van der Waals surface area (Å²) in [5, 5.41) is 8.55. The molecule has 1 fully saturated rings. The monoisotopic (exact) mass is 364 g/mol. The molecule has 136 valence electrons. The molecule has 1 amide bonds. The number of amides is 1. The molecule has 25 heavy (non-hydrogen) atoms. The van der Waals surface area contributed by atoms with E-state index in [1.807, 2.05) is 26.8 Å². The van der Waals surface area contributed by atoms with Crippen molar-refractivity contribution in [2.45, 2.75) is 58.6 Å². The Morgan fingerprint density at radius 2 is 1.96 bits per heavy atom. The molecule has 3 heterocycles. The van der Waals surface area contributed by atoms with Gasteiger partial charge in [-0.25, -0.2) is 4.79 Å². The molecule has 1 saturated heterocycles. The highest BCUT2D eigenvalue weighted by Gasteiger charge is 2.29. The van der Waals surface area contributed by atoms with Crippen molar-refractivity contribution in [2.75, 3.05) is 13.1 Å². The van der Waals surface area contributed by atoms with Gasteiger partial charge in [-0.15, -0.1) is 10.2 Å². The Balaban J connectivity index is 1.75. The van der Waals surface area contributed by atoms with Crippen molar-refractivity contribution in [2.24, 2.45) is 0 Å². The Morgan fingerprint density at radius 3 is 2.56 bits per heavy atom. The zero-order chi connectivity index (χ0) is 18.2. The highest BCUT2D eigenvalue weighted by atomic mass is 35.5. The Hall–Kier alpha value is -1.82. The molecule has 0 saturated carbocycles. The summed E-state index contributed by atoms with van der Waals surface area (Å²) in [5.41, 5.74) is 2.68. The van der Waals surface area contributed by atoms with E-state index in [1.165, 1.54) is 5.69 Å². The molecule has 0 aromatic carbocycles. The zero-order valence-corrected chi connectivity index (χ0v) is 16.0. The molecule has 1 aliphatic rings. The Bertz CT molecular complexity index is 773. The lowest BCUT2D eigenvalue weighted by molar-refractivity contribution is 0.0203. The largest absolute Gasteiger partial charge is 0.444 e. The summed E-state index contributed by atoms with van der Waals surface area (Å²) in [6.07, 6.45) is 1.60. The highest BCUT2D eigenvalue weighted by Crippen LogP contribution is 2.32. The first-order valence-corrected chi connectivity index (χ1v) is 9.16. The summed E-state index contributed by atoms with van der Waals surface area (Å²) in [4.78, 5) is 14.0. The third-order valence-electron chi connectivity index (χ3n) is 4.54. The van der Waals surface area contributed by atoms with Crippen LogP contribution in [0, 0.1) is 0 Å². The van der Waals surface area contributed by atoms with Crippen LogP contribution in [0.2, 0.25) is 5.15 Å². The molecule has 3 rings (SSSR count). The number of hydrogen-bond donors (Lipinski definition) is 0. The third kappa shape index (κ3) is 3.89. The molecule has 0 N–H and O–H groups in total. The van der Waals surface area contributed by atoms with Crippen LogP contribution in [0.15, 0.2) is 12.1 Å². The summed E-state index contributed by atoms with van der Waals surface area (Å²) in [6.45, 7) is 10.1. The van der Waals surface area contributed by atoms with Gasteiger partial charge >= 0.3 is 6.09 Å². The summed E-state index contributed by atoms with van der Waals surface area (Å²) >= 11 is 6.00. The van der Waals surface area contributed by atoms with E-state index in [0.717, 1.165) is 30.4 Å². The molecule has 6 nitrogen and oxygen atoms in total. The van der Waals surface area contributed by atoms with Gasteiger partial charge in [0.25, 0.3) is 0 Å². The van der Waals surface area contributed by atoms with Gasteiger partial charge in [-0.1, -0.05) is 11.6 Å². The van der Waals surface area contributed by atoms with Crippen LogP contribution < -0.4 is 0 Å². The highest BCUT2D eigenvalue weighted by molar-refractivity contribution is 6.29. The lowest BCUT2D eigenvalue weighted by Crippen LogP contribution is -2.41. The van der Waals surface area contributed by atoms with E-state index >= 15 is 0 Å². The van der Waals surface area contributed by atoms with Crippen LogP contribution in [0.5, 0.6) is 0 Å². The maximum absolute atomic E-state index is 12.2. The second-order valence-electron chi connectivity index (χ2n) is 7.49. The average Bonchev–Trinajstić information content (AvgIpc) is 2.91. The molecular weight excluding hydrogens is 340 g/mol. The van der Waals surface area contributed by atoms with Crippen LogP contribution >= 0.6 is 11.6 Å². The van der Waals surface area contributed by atoms with Gasteiger partial charge in [0.15, 0.2) is 5.15 Å². The van der Waals surface area contributed by atoms with Gasteiger partial charge in [-0.05, 0) is 46.6 Å². The van der Waals surface area contributed by atoms with E-state index in [2.05, 4.69) is 27.8 Å². The van der Waals surface area contributed by atoms with E-state index in [9.17, 15) is 4.79 Å². The van der Waals surface area contributed by atoms with E-state index in [0.29, 0.717) is 24.2 Å². The number of nitrogens with zero attached hydrogens (tertiary/aromatic N) is 4. The summed E-state index contributed by atoms with van der Waals surface area (Å²) in [7, 11) is 0. The van der Waals surface area contributed by atoms with Crippen LogP contribution in [0.1, 0.15) is 52.1 Å². The van der Waals surface area contributed by atoms with Crippen molar-refractivity contribution < 1.29 is 9.53 Å². The summed E-state index contributed by atoms with van der Waals surface area (Å²) in [6, 6.07) is 3.97. The zero-order valence-electron chi connectivity index (χ0n) is 15.3. The van der Waals surface area contributed by atoms with Crippen LogP contribution in [-0.2, 0) is 11.3 Å². The quantitative estimate of drug-likeness (QED) is 0.800. The first-order valence-electron chi connectivity index (χ1n) is 8.79. The summed E-state index contributed by atoms with van der Waals surface area (Å²) in [5.74, 6) is 0.395. The number of aromatic nitrogens is 3. The van der Waals surface area contributed by atoms with Crippen LogP contribution in [-0.4, -0.2) is 44.4 Å².